The quantitative estimate of drug-likeness (QED) is 0.0795. The number of rotatable bonds is 12. The number of hydrogen-bond donors (Lipinski definition) is 1. The van der Waals surface area contributed by atoms with Gasteiger partial charge in [-0.05, 0) is 77.6 Å². The summed E-state index contributed by atoms with van der Waals surface area (Å²) in [6.45, 7) is -1.43. The number of ether oxygens (including phenoxy) is 1. The first-order valence-electron chi connectivity index (χ1n) is 15.9. The third-order valence-corrected chi connectivity index (χ3v) is 9.76. The second-order valence-electron chi connectivity index (χ2n) is 11.9. The molecule has 1 aromatic heterocycles. The predicted molar refractivity (Wildman–Crippen MR) is 179 cm³/mol. The Morgan fingerprint density at radius 1 is 0.820 bits per heavy atom. The zero-order chi connectivity index (χ0) is 35.5. The number of fused-ring (bicyclic) bond motifs is 3. The predicted octanol–water partition coefficient (Wildman–Crippen LogP) is 9.26. The van der Waals surface area contributed by atoms with Gasteiger partial charge in [-0.25, -0.2) is 0 Å². The first-order valence-corrected chi connectivity index (χ1v) is 16.9. The third kappa shape index (κ3) is 7.09. The Morgan fingerprint density at radius 2 is 1.48 bits per heavy atom. The molecule has 6 nitrogen and oxygen atoms in total. The molecule has 0 saturated heterocycles. The van der Waals surface area contributed by atoms with Gasteiger partial charge in [0.1, 0.15) is 17.7 Å². The Balaban J connectivity index is 1.20. The fourth-order valence-corrected chi connectivity index (χ4v) is 7.41. The smallest absolute Gasteiger partial charge is 0.416 e. The van der Waals surface area contributed by atoms with Gasteiger partial charge in [-0.1, -0.05) is 79.2 Å². The molecule has 0 bridgehead atoms. The number of nitrogens with one attached hydrogen (secondary N) is 1. The van der Waals surface area contributed by atoms with Crippen LogP contribution >= 0.6 is 11.8 Å². The number of hydrogen-bond acceptors (Lipinski definition) is 5. The highest BCUT2D eigenvalue weighted by molar-refractivity contribution is 7.99. The van der Waals surface area contributed by atoms with Gasteiger partial charge in [0.15, 0.2) is 11.0 Å². The molecule has 1 aliphatic rings. The van der Waals surface area contributed by atoms with E-state index >= 15 is 0 Å². The molecule has 0 aliphatic heterocycles. The highest BCUT2D eigenvalue weighted by atomic mass is 32.2. The number of carbonyl (C=O) groups is 1. The molecule has 0 radical (unpaired) electrons. The molecule has 1 heterocycles. The fraction of sp³-hybridized carbons (Fsp3) is 0.270. The van der Waals surface area contributed by atoms with Gasteiger partial charge in [0.2, 0.25) is 5.91 Å². The number of carbonyl (C=O) groups excluding carboxylic acids is 1. The Bertz CT molecular complexity index is 1930. The number of nitrogens with zero attached hydrogens (tertiary/aromatic N) is 3. The van der Waals surface area contributed by atoms with Crippen molar-refractivity contribution in [3.63, 3.8) is 0 Å². The largest absolute Gasteiger partial charge is 0.497 e. The van der Waals surface area contributed by atoms with Gasteiger partial charge in [-0.2, -0.15) is 26.3 Å². The molecule has 0 saturated carbocycles. The number of alkyl halides is 6. The second kappa shape index (κ2) is 14.2. The molecule has 6 rings (SSSR count). The van der Waals surface area contributed by atoms with Gasteiger partial charge >= 0.3 is 12.4 Å². The number of unbranched alkanes of at least 4 members (excludes halogenated alkanes) is 2. The van der Waals surface area contributed by atoms with Crippen LogP contribution < -0.4 is 10.1 Å². The van der Waals surface area contributed by atoms with Gasteiger partial charge in [0.25, 0.3) is 0 Å². The number of amides is 1. The van der Waals surface area contributed by atoms with Crippen molar-refractivity contribution in [1.82, 2.24) is 20.1 Å². The molecule has 50 heavy (non-hydrogen) atoms. The zero-order valence-corrected chi connectivity index (χ0v) is 27.6. The van der Waals surface area contributed by atoms with Crippen LogP contribution in [0, 0.1) is 0 Å². The van der Waals surface area contributed by atoms with Crippen LogP contribution in [0.5, 0.6) is 5.75 Å². The van der Waals surface area contributed by atoms with Crippen LogP contribution in [0.3, 0.4) is 0 Å². The number of thioether (sulfide) groups is 1. The summed E-state index contributed by atoms with van der Waals surface area (Å²) >= 11 is 1.33. The summed E-state index contributed by atoms with van der Waals surface area (Å²) in [4.78, 5) is 13.7. The van der Waals surface area contributed by atoms with E-state index in [4.69, 9.17) is 4.74 Å². The van der Waals surface area contributed by atoms with Crippen LogP contribution in [0.15, 0.2) is 102 Å². The van der Waals surface area contributed by atoms with Gasteiger partial charge < -0.3 is 10.1 Å². The summed E-state index contributed by atoms with van der Waals surface area (Å²) in [6.07, 6.45) is -7.01. The molecule has 260 valence electrons. The number of methoxy groups -OCH3 is 1. The summed E-state index contributed by atoms with van der Waals surface area (Å²) in [5.41, 5.74) is 1.79. The van der Waals surface area contributed by atoms with E-state index in [1.54, 1.807) is 59.2 Å². The molecule has 0 fully saturated rings. The van der Waals surface area contributed by atoms with Crippen molar-refractivity contribution in [3.8, 4) is 34.0 Å². The molecule has 0 atom stereocenters. The van der Waals surface area contributed by atoms with Crippen LogP contribution in [0.25, 0.3) is 28.2 Å². The van der Waals surface area contributed by atoms with Crippen molar-refractivity contribution in [3.05, 3.63) is 114 Å². The van der Waals surface area contributed by atoms with Crippen molar-refractivity contribution >= 4 is 17.7 Å². The normalized spacial score (nSPS) is 13.5. The molecule has 13 heteroatoms. The van der Waals surface area contributed by atoms with E-state index in [1.807, 2.05) is 24.3 Å². The topological polar surface area (TPSA) is 69.0 Å². The molecule has 1 N–H and O–H groups in total. The fourth-order valence-electron chi connectivity index (χ4n) is 6.46. The molecule has 5 aromatic rings. The van der Waals surface area contributed by atoms with E-state index in [0.717, 1.165) is 23.3 Å². The lowest BCUT2D eigenvalue weighted by atomic mass is 9.73. The van der Waals surface area contributed by atoms with Crippen molar-refractivity contribution in [2.75, 3.05) is 19.4 Å². The zero-order valence-electron chi connectivity index (χ0n) is 26.8. The lowest BCUT2D eigenvalue weighted by Crippen LogP contribution is -2.47. The molecule has 1 amide bonds. The molecule has 0 unspecified atom stereocenters. The SMILES string of the molecule is COc1ccc(-c2nnc(SCCCCCC3(C(=O)NCC(F)(F)F)c4ccccc4-c4ccccc43)n2-c2cccc(C(F)(F)F)c2)cc1. The average molecular weight is 711 g/mol. The minimum Gasteiger partial charge on any atom is -0.497 e. The van der Waals surface area contributed by atoms with E-state index in [2.05, 4.69) is 15.5 Å². The van der Waals surface area contributed by atoms with Crippen LogP contribution in [0.4, 0.5) is 26.3 Å². The Labute approximate surface area is 288 Å². The third-order valence-electron chi connectivity index (χ3n) is 8.74. The van der Waals surface area contributed by atoms with Crippen molar-refractivity contribution < 1.29 is 35.9 Å². The molecular weight excluding hydrogens is 678 g/mol. The van der Waals surface area contributed by atoms with Crippen molar-refractivity contribution in [1.29, 1.82) is 0 Å². The average Bonchev–Trinajstić information content (AvgIpc) is 3.66. The van der Waals surface area contributed by atoms with Gasteiger partial charge in [0.05, 0.1) is 18.4 Å². The minimum absolute atomic E-state index is 0.253. The molecule has 0 spiro atoms. The first-order chi connectivity index (χ1) is 23.9. The minimum atomic E-state index is -4.56. The molecule has 4 aromatic carbocycles. The van der Waals surface area contributed by atoms with Crippen LogP contribution in [-0.2, 0) is 16.4 Å². The van der Waals surface area contributed by atoms with Gasteiger partial charge in [-0.15, -0.1) is 10.2 Å². The van der Waals surface area contributed by atoms with Crippen molar-refractivity contribution in [2.45, 2.75) is 48.6 Å². The Hall–Kier alpha value is -4.78. The van der Waals surface area contributed by atoms with E-state index in [0.29, 0.717) is 58.4 Å². The highest BCUT2D eigenvalue weighted by Crippen LogP contribution is 2.51. The van der Waals surface area contributed by atoms with Crippen LogP contribution in [0.2, 0.25) is 0 Å². The van der Waals surface area contributed by atoms with E-state index < -0.39 is 35.8 Å². The summed E-state index contributed by atoms with van der Waals surface area (Å²) in [5, 5.41) is 11.2. The number of aromatic nitrogens is 3. The van der Waals surface area contributed by atoms with Crippen LogP contribution in [-0.4, -0.2) is 46.3 Å². The molecular formula is C37H32F6N4O2S. The Kier molecular flexibility index (Phi) is 9.97. The maximum absolute atomic E-state index is 13.7. The lowest BCUT2D eigenvalue weighted by molar-refractivity contribution is -0.141. The van der Waals surface area contributed by atoms with E-state index in [9.17, 15) is 31.1 Å². The van der Waals surface area contributed by atoms with E-state index in [-0.39, 0.29) is 12.1 Å². The summed E-state index contributed by atoms with van der Waals surface area (Å²) in [5.74, 6) is 0.805. The summed E-state index contributed by atoms with van der Waals surface area (Å²) in [7, 11) is 1.53. The number of benzene rings is 4. The van der Waals surface area contributed by atoms with Crippen molar-refractivity contribution in [2.24, 2.45) is 0 Å². The first kappa shape index (κ1) is 35.1. The summed E-state index contributed by atoms with van der Waals surface area (Å²) in [6, 6.07) is 26.5. The monoisotopic (exact) mass is 710 g/mol. The van der Waals surface area contributed by atoms with Gasteiger partial charge in [-0.3, -0.25) is 9.36 Å². The second-order valence-corrected chi connectivity index (χ2v) is 12.9. The van der Waals surface area contributed by atoms with Gasteiger partial charge in [0, 0.05) is 11.3 Å². The van der Waals surface area contributed by atoms with E-state index in [1.165, 1.54) is 24.9 Å². The molecule has 1 aliphatic carbocycles. The Morgan fingerprint density at radius 3 is 2.10 bits per heavy atom. The maximum Gasteiger partial charge on any atom is 0.416 e. The standard InChI is InChI=1S/C37H32F6N4O2S/c1-49-27-18-16-24(17-19-27)32-45-46-34(47(32)26-11-9-10-25(22-26)37(41,42)43)50-21-8-2-7-20-35(33(48)44-23-36(38,39)40)30-14-5-3-12-28(30)29-13-4-6-15-31(29)35/h3-6,9-19,22H,2,7-8,20-21,23H2,1H3,(H,44,48). The highest BCUT2D eigenvalue weighted by Gasteiger charge is 2.49. The summed E-state index contributed by atoms with van der Waals surface area (Å²) < 4.78 is 87.4. The number of halogens is 6. The lowest BCUT2D eigenvalue weighted by Gasteiger charge is -2.31. The maximum atomic E-state index is 13.7. The van der Waals surface area contributed by atoms with Crippen LogP contribution in [0.1, 0.15) is 42.4 Å².